The zero-order valence-corrected chi connectivity index (χ0v) is 18.3. The summed E-state index contributed by atoms with van der Waals surface area (Å²) in [7, 11) is 0. The maximum Gasteiger partial charge on any atom is 0.328 e. The Balaban J connectivity index is 1.72. The first-order valence-corrected chi connectivity index (χ1v) is 11.0. The third-order valence-electron chi connectivity index (χ3n) is 6.41. The molecule has 1 aliphatic rings. The van der Waals surface area contributed by atoms with E-state index in [1.807, 2.05) is 18.2 Å². The van der Waals surface area contributed by atoms with Gasteiger partial charge in [0.25, 0.3) is 5.56 Å². The lowest BCUT2D eigenvalue weighted by Crippen LogP contribution is -2.40. The molecule has 0 saturated heterocycles. The Bertz CT molecular complexity index is 984. The Morgan fingerprint density at radius 1 is 1.23 bits per heavy atom. The number of nitrogens with zero attached hydrogens (tertiary/aromatic N) is 1. The van der Waals surface area contributed by atoms with Crippen molar-refractivity contribution in [2.24, 2.45) is 11.3 Å². The van der Waals surface area contributed by atoms with Crippen molar-refractivity contribution < 1.29 is 9.90 Å². The molecule has 0 aliphatic heterocycles. The van der Waals surface area contributed by atoms with Gasteiger partial charge in [0.15, 0.2) is 0 Å². The molecule has 168 valence electrons. The Hall–Kier alpha value is -2.67. The number of benzene rings is 1. The summed E-state index contributed by atoms with van der Waals surface area (Å²) in [4.78, 5) is 37.7. The summed E-state index contributed by atoms with van der Waals surface area (Å²) in [6, 6.07) is 11.5. The van der Waals surface area contributed by atoms with E-state index >= 15 is 0 Å². The molecule has 1 aromatic carbocycles. The van der Waals surface area contributed by atoms with Crippen LogP contribution < -0.4 is 16.6 Å². The lowest BCUT2D eigenvalue weighted by Gasteiger charge is -2.34. The zero-order chi connectivity index (χ0) is 22.4. The first-order chi connectivity index (χ1) is 14.7. The largest absolute Gasteiger partial charge is 0.393 e. The second-order valence-electron chi connectivity index (χ2n) is 9.41. The maximum atomic E-state index is 12.5. The van der Waals surface area contributed by atoms with Crippen molar-refractivity contribution >= 4 is 5.91 Å². The van der Waals surface area contributed by atoms with E-state index in [1.165, 1.54) is 22.4 Å². The minimum absolute atomic E-state index is 0.134. The Labute approximate surface area is 182 Å². The van der Waals surface area contributed by atoms with E-state index in [1.54, 1.807) is 0 Å². The lowest BCUT2D eigenvalue weighted by molar-refractivity contribution is -0.122. The van der Waals surface area contributed by atoms with Crippen LogP contribution in [0, 0.1) is 11.3 Å². The van der Waals surface area contributed by atoms with Gasteiger partial charge in [0, 0.05) is 18.8 Å². The number of aromatic amines is 1. The number of hydrogen-bond acceptors (Lipinski definition) is 4. The van der Waals surface area contributed by atoms with E-state index in [2.05, 4.69) is 36.3 Å². The number of hydrogen-bond donors (Lipinski definition) is 3. The molecular formula is C24H33N3O4. The van der Waals surface area contributed by atoms with Crippen LogP contribution >= 0.6 is 0 Å². The highest BCUT2D eigenvalue weighted by molar-refractivity contribution is 5.75. The van der Waals surface area contributed by atoms with Crippen molar-refractivity contribution in [3.05, 3.63) is 69.0 Å². The van der Waals surface area contributed by atoms with Gasteiger partial charge in [-0.1, -0.05) is 50.6 Å². The molecule has 1 fully saturated rings. The number of amides is 1. The van der Waals surface area contributed by atoms with E-state index in [-0.39, 0.29) is 29.9 Å². The number of H-pyrrole nitrogens is 1. The first kappa shape index (κ1) is 23.0. The minimum atomic E-state index is -0.594. The fourth-order valence-corrected chi connectivity index (χ4v) is 4.61. The average Bonchev–Trinajstić information content (AvgIpc) is 2.78. The second-order valence-corrected chi connectivity index (χ2v) is 9.41. The molecule has 7 heteroatoms. The number of aliphatic hydroxyl groups excluding tert-OH is 1. The van der Waals surface area contributed by atoms with E-state index in [0.29, 0.717) is 18.9 Å². The predicted molar refractivity (Wildman–Crippen MR) is 120 cm³/mol. The van der Waals surface area contributed by atoms with Crippen LogP contribution in [0.2, 0.25) is 0 Å². The second kappa shape index (κ2) is 10.1. The fourth-order valence-electron chi connectivity index (χ4n) is 4.61. The highest BCUT2D eigenvalue weighted by Crippen LogP contribution is 2.41. The number of carbonyl (C=O) groups is 1. The molecule has 0 unspecified atom stereocenters. The van der Waals surface area contributed by atoms with Crippen LogP contribution in [0.3, 0.4) is 0 Å². The van der Waals surface area contributed by atoms with Crippen LogP contribution in [0.15, 0.2) is 52.2 Å². The van der Waals surface area contributed by atoms with E-state index in [9.17, 15) is 19.5 Å². The van der Waals surface area contributed by atoms with E-state index < -0.39 is 11.2 Å². The molecule has 2 aromatic rings. The molecule has 1 aromatic heterocycles. The quantitative estimate of drug-likeness (QED) is 0.682. The third-order valence-corrected chi connectivity index (χ3v) is 6.41. The molecule has 0 radical (unpaired) electrons. The van der Waals surface area contributed by atoms with Gasteiger partial charge >= 0.3 is 5.69 Å². The normalized spacial score (nSPS) is 27.0. The molecule has 0 spiro atoms. The van der Waals surface area contributed by atoms with Gasteiger partial charge in [0.05, 0.1) is 6.10 Å². The summed E-state index contributed by atoms with van der Waals surface area (Å²) in [6.07, 6.45) is 5.31. The van der Waals surface area contributed by atoms with Crippen LogP contribution in [-0.2, 0) is 11.3 Å². The van der Waals surface area contributed by atoms with Crippen LogP contribution in [0.25, 0.3) is 0 Å². The summed E-state index contributed by atoms with van der Waals surface area (Å²) in [5.41, 5.74) is 0.00416. The van der Waals surface area contributed by atoms with Crippen molar-refractivity contribution in [2.75, 3.05) is 6.54 Å². The molecular weight excluding hydrogens is 394 g/mol. The zero-order valence-electron chi connectivity index (χ0n) is 18.3. The number of nitrogens with one attached hydrogen (secondary N) is 2. The van der Waals surface area contributed by atoms with Gasteiger partial charge in [-0.25, -0.2) is 4.79 Å². The Morgan fingerprint density at radius 3 is 2.68 bits per heavy atom. The highest BCUT2D eigenvalue weighted by Gasteiger charge is 2.33. The maximum absolute atomic E-state index is 12.5. The van der Waals surface area contributed by atoms with Crippen molar-refractivity contribution in [1.29, 1.82) is 0 Å². The van der Waals surface area contributed by atoms with Crippen LogP contribution in [-0.4, -0.2) is 33.2 Å². The lowest BCUT2D eigenvalue weighted by atomic mass is 9.74. The van der Waals surface area contributed by atoms with Crippen LogP contribution in [0.5, 0.6) is 0 Å². The van der Waals surface area contributed by atoms with Gasteiger partial charge < -0.3 is 10.4 Å². The van der Waals surface area contributed by atoms with Crippen molar-refractivity contribution in [2.45, 2.75) is 64.5 Å². The Morgan fingerprint density at radius 2 is 1.97 bits per heavy atom. The standard InChI is InChI=1S/C24H33N3O4/c1-17-8-10-24(2,14-19(13-20(28)12-17)18-6-4-3-5-7-18)16-25-22(30)15-27-11-9-21(29)26-23(27)31/h3-7,9,11,17,19-20,28H,8,10,12-16H2,1-2H3,(H,25,30)(H,26,29,31)/t17-,19-,20+,24+/m1/s1. The third kappa shape index (κ3) is 6.66. The van der Waals surface area contributed by atoms with Crippen molar-refractivity contribution in [3.63, 3.8) is 0 Å². The molecule has 31 heavy (non-hydrogen) atoms. The number of aliphatic hydroxyl groups is 1. The minimum Gasteiger partial charge on any atom is -0.393 e. The Kier molecular flexibility index (Phi) is 7.49. The van der Waals surface area contributed by atoms with Gasteiger partial charge in [-0.3, -0.25) is 19.1 Å². The number of rotatable bonds is 5. The smallest absolute Gasteiger partial charge is 0.328 e. The SMILES string of the molecule is C[C@@H]1CC[C@](C)(CNC(=O)Cn2ccc(=O)[nH]c2=O)C[C@H](c2ccccc2)C[C@@H](O)C1. The highest BCUT2D eigenvalue weighted by atomic mass is 16.3. The van der Waals surface area contributed by atoms with Crippen molar-refractivity contribution in [3.8, 4) is 0 Å². The van der Waals surface area contributed by atoms with Crippen LogP contribution in [0.1, 0.15) is 57.4 Å². The summed E-state index contributed by atoms with van der Waals surface area (Å²) in [5, 5.41) is 13.6. The fraction of sp³-hybridized carbons (Fsp3) is 0.542. The molecule has 3 rings (SSSR count). The van der Waals surface area contributed by atoms with Gasteiger partial charge in [-0.2, -0.15) is 0 Å². The molecule has 1 aliphatic carbocycles. The molecule has 4 atom stereocenters. The molecule has 1 amide bonds. The monoisotopic (exact) mass is 427 g/mol. The number of aromatic nitrogens is 2. The van der Waals surface area contributed by atoms with E-state index in [0.717, 1.165) is 25.7 Å². The number of carbonyl (C=O) groups excluding carboxylic acids is 1. The molecule has 0 bridgehead atoms. The van der Waals surface area contributed by atoms with Gasteiger partial charge in [0.2, 0.25) is 5.91 Å². The average molecular weight is 428 g/mol. The van der Waals surface area contributed by atoms with E-state index in [4.69, 9.17) is 0 Å². The van der Waals surface area contributed by atoms with Crippen LogP contribution in [0.4, 0.5) is 0 Å². The summed E-state index contributed by atoms with van der Waals surface area (Å²) in [6.45, 7) is 4.73. The van der Waals surface area contributed by atoms with Crippen molar-refractivity contribution in [1.82, 2.24) is 14.9 Å². The van der Waals surface area contributed by atoms with Gasteiger partial charge in [-0.05, 0) is 48.5 Å². The predicted octanol–water partition coefficient (Wildman–Crippen LogP) is 2.40. The molecule has 7 nitrogen and oxygen atoms in total. The topological polar surface area (TPSA) is 104 Å². The molecule has 1 saturated carbocycles. The van der Waals surface area contributed by atoms with Gasteiger partial charge in [0.1, 0.15) is 6.54 Å². The molecule has 1 heterocycles. The molecule has 3 N–H and O–H groups in total. The summed E-state index contributed by atoms with van der Waals surface area (Å²) in [5.74, 6) is 0.365. The summed E-state index contributed by atoms with van der Waals surface area (Å²) < 4.78 is 1.19. The summed E-state index contributed by atoms with van der Waals surface area (Å²) >= 11 is 0. The first-order valence-electron chi connectivity index (χ1n) is 11.0. The van der Waals surface area contributed by atoms with Gasteiger partial charge in [-0.15, -0.1) is 0 Å².